The highest BCUT2D eigenvalue weighted by Gasteiger charge is 2.43. The number of pyridine rings is 1. The summed E-state index contributed by atoms with van der Waals surface area (Å²) in [5.41, 5.74) is 2.37. The van der Waals surface area contributed by atoms with Crippen LogP contribution in [0.2, 0.25) is 0 Å². The zero-order chi connectivity index (χ0) is 15.8. The van der Waals surface area contributed by atoms with Crippen LogP contribution >= 0.6 is 12.2 Å². The number of rotatable bonds is 3. The number of aryl methyl sites for hydroxylation is 1. The van der Waals surface area contributed by atoms with Crippen LogP contribution in [-0.4, -0.2) is 25.6 Å². The molecule has 1 N–H and O–H groups in total. The Labute approximate surface area is 142 Å². The van der Waals surface area contributed by atoms with Gasteiger partial charge in [-0.15, -0.1) is 0 Å². The molecule has 2 atom stereocenters. The van der Waals surface area contributed by atoms with Gasteiger partial charge in [0.25, 0.3) is 0 Å². The first-order chi connectivity index (χ1) is 11.2. The van der Waals surface area contributed by atoms with Crippen molar-refractivity contribution in [1.82, 2.24) is 19.8 Å². The van der Waals surface area contributed by atoms with Gasteiger partial charge in [-0.25, -0.2) is 0 Å². The van der Waals surface area contributed by atoms with E-state index in [2.05, 4.69) is 51.3 Å². The second kappa shape index (κ2) is 5.96. The van der Waals surface area contributed by atoms with Crippen LogP contribution in [0.5, 0.6) is 0 Å². The maximum absolute atomic E-state index is 5.72. The number of hydrogen-bond acceptors (Lipinski definition) is 2. The Morgan fingerprint density at radius 1 is 1.22 bits per heavy atom. The van der Waals surface area contributed by atoms with Crippen molar-refractivity contribution in [3.63, 3.8) is 0 Å². The topological polar surface area (TPSA) is 33.1 Å². The molecule has 0 spiro atoms. The quantitative estimate of drug-likeness (QED) is 0.877. The van der Waals surface area contributed by atoms with Gasteiger partial charge in [-0.1, -0.05) is 18.9 Å². The Balaban J connectivity index is 1.75. The third kappa shape index (κ3) is 2.63. The van der Waals surface area contributed by atoms with E-state index >= 15 is 0 Å². The summed E-state index contributed by atoms with van der Waals surface area (Å²) in [5, 5.41) is 4.42. The van der Waals surface area contributed by atoms with Gasteiger partial charge in [-0.05, 0) is 48.8 Å². The maximum atomic E-state index is 5.72. The zero-order valence-corrected chi connectivity index (χ0v) is 14.2. The largest absolute Gasteiger partial charge is 0.357 e. The molecule has 2 aromatic heterocycles. The lowest BCUT2D eigenvalue weighted by Crippen LogP contribution is -2.37. The zero-order valence-electron chi connectivity index (χ0n) is 13.4. The van der Waals surface area contributed by atoms with Crippen molar-refractivity contribution in [2.24, 2.45) is 7.05 Å². The molecule has 1 saturated carbocycles. The van der Waals surface area contributed by atoms with Crippen LogP contribution in [0.3, 0.4) is 0 Å². The van der Waals surface area contributed by atoms with E-state index < -0.39 is 0 Å². The standard InChI is InChI=1S/C18H22N4S/c1-21-11-9-13(12-21)17-16(15-8-4-5-10-19-15)20-18(23)22(17)14-6-2-3-7-14/h4-5,8-12,14,16-17H,2-3,6-7H2,1H3,(H,20,23)/t16-,17-/m0/s1. The van der Waals surface area contributed by atoms with Crippen LogP contribution in [0.1, 0.15) is 49.0 Å². The van der Waals surface area contributed by atoms with Crippen LogP contribution in [-0.2, 0) is 7.05 Å². The Hall–Kier alpha value is -1.88. The molecule has 2 aromatic rings. The molecule has 23 heavy (non-hydrogen) atoms. The highest BCUT2D eigenvalue weighted by molar-refractivity contribution is 7.80. The summed E-state index contributed by atoms with van der Waals surface area (Å²) in [6.07, 6.45) is 11.3. The first kappa shape index (κ1) is 14.7. The average molecular weight is 326 g/mol. The summed E-state index contributed by atoms with van der Waals surface area (Å²) < 4.78 is 2.11. The maximum Gasteiger partial charge on any atom is 0.170 e. The van der Waals surface area contributed by atoms with Crippen molar-refractivity contribution >= 4 is 17.3 Å². The second-order valence-corrected chi connectivity index (χ2v) is 6.97. The molecule has 4 rings (SSSR count). The van der Waals surface area contributed by atoms with Crippen molar-refractivity contribution in [3.8, 4) is 0 Å². The van der Waals surface area contributed by atoms with Crippen molar-refractivity contribution < 1.29 is 0 Å². The summed E-state index contributed by atoms with van der Waals surface area (Å²) in [6, 6.07) is 9.20. The van der Waals surface area contributed by atoms with E-state index in [9.17, 15) is 0 Å². The van der Waals surface area contributed by atoms with Crippen LogP contribution in [0.4, 0.5) is 0 Å². The minimum absolute atomic E-state index is 0.117. The van der Waals surface area contributed by atoms with E-state index in [4.69, 9.17) is 12.2 Å². The van der Waals surface area contributed by atoms with Crippen molar-refractivity contribution in [3.05, 3.63) is 54.1 Å². The normalized spacial score (nSPS) is 25.1. The summed E-state index contributed by atoms with van der Waals surface area (Å²) >= 11 is 5.72. The number of nitrogens with zero attached hydrogens (tertiary/aromatic N) is 3. The fraction of sp³-hybridized carbons (Fsp3) is 0.444. The molecule has 2 aliphatic rings. The summed E-state index contributed by atoms with van der Waals surface area (Å²) in [7, 11) is 2.07. The Kier molecular flexibility index (Phi) is 3.81. The van der Waals surface area contributed by atoms with E-state index in [0.717, 1.165) is 10.8 Å². The lowest BCUT2D eigenvalue weighted by Gasteiger charge is -2.32. The van der Waals surface area contributed by atoms with E-state index in [1.807, 2.05) is 18.3 Å². The monoisotopic (exact) mass is 326 g/mol. The Morgan fingerprint density at radius 2 is 2.04 bits per heavy atom. The van der Waals surface area contributed by atoms with Crippen LogP contribution in [0.25, 0.3) is 0 Å². The summed E-state index contributed by atoms with van der Waals surface area (Å²) in [6.45, 7) is 0. The predicted octanol–water partition coefficient (Wildman–Crippen LogP) is 3.34. The van der Waals surface area contributed by atoms with Gasteiger partial charge >= 0.3 is 0 Å². The summed E-state index contributed by atoms with van der Waals surface area (Å²) in [4.78, 5) is 7.02. The smallest absolute Gasteiger partial charge is 0.170 e. The molecule has 120 valence electrons. The number of thiocarbonyl (C=S) groups is 1. The SMILES string of the molecule is Cn1ccc([C@H]2[C@H](c3ccccn3)NC(=S)N2C2CCCC2)c1. The van der Waals surface area contributed by atoms with Crippen LogP contribution in [0, 0.1) is 0 Å². The first-order valence-corrected chi connectivity index (χ1v) is 8.76. The third-order valence-electron chi connectivity index (χ3n) is 5.05. The minimum Gasteiger partial charge on any atom is -0.357 e. The van der Waals surface area contributed by atoms with E-state index in [1.165, 1.54) is 31.2 Å². The van der Waals surface area contributed by atoms with E-state index in [1.54, 1.807) is 0 Å². The number of aromatic nitrogens is 2. The number of nitrogens with one attached hydrogen (secondary N) is 1. The molecule has 0 radical (unpaired) electrons. The molecule has 5 heteroatoms. The molecule has 0 amide bonds. The van der Waals surface area contributed by atoms with Gasteiger partial charge in [0.1, 0.15) is 0 Å². The van der Waals surface area contributed by atoms with Gasteiger partial charge in [0.2, 0.25) is 0 Å². The van der Waals surface area contributed by atoms with Gasteiger partial charge in [0.15, 0.2) is 5.11 Å². The van der Waals surface area contributed by atoms with Crippen molar-refractivity contribution in [1.29, 1.82) is 0 Å². The minimum atomic E-state index is 0.117. The predicted molar refractivity (Wildman–Crippen MR) is 95.0 cm³/mol. The molecule has 3 heterocycles. The number of hydrogen-bond donors (Lipinski definition) is 1. The van der Waals surface area contributed by atoms with Crippen LogP contribution < -0.4 is 5.32 Å². The summed E-state index contributed by atoms with van der Waals surface area (Å²) in [5.74, 6) is 0. The first-order valence-electron chi connectivity index (χ1n) is 8.35. The molecule has 0 aromatic carbocycles. The molecular formula is C18H22N4S. The van der Waals surface area contributed by atoms with Gasteiger partial charge in [-0.2, -0.15) is 0 Å². The highest BCUT2D eigenvalue weighted by Crippen LogP contribution is 2.42. The van der Waals surface area contributed by atoms with Gasteiger partial charge in [0.05, 0.1) is 17.8 Å². The highest BCUT2D eigenvalue weighted by atomic mass is 32.1. The van der Waals surface area contributed by atoms with Crippen molar-refractivity contribution in [2.45, 2.75) is 43.8 Å². The lowest BCUT2D eigenvalue weighted by atomic mass is 9.97. The average Bonchev–Trinajstić information content (AvgIpc) is 3.27. The van der Waals surface area contributed by atoms with Crippen LogP contribution in [0.15, 0.2) is 42.9 Å². The molecule has 0 unspecified atom stereocenters. The Morgan fingerprint density at radius 3 is 2.70 bits per heavy atom. The van der Waals surface area contributed by atoms with Gasteiger partial charge in [0, 0.05) is 31.7 Å². The van der Waals surface area contributed by atoms with Gasteiger partial charge in [-0.3, -0.25) is 4.98 Å². The molecular weight excluding hydrogens is 304 g/mol. The molecule has 4 nitrogen and oxygen atoms in total. The molecule has 0 bridgehead atoms. The molecule has 2 fully saturated rings. The van der Waals surface area contributed by atoms with Gasteiger partial charge < -0.3 is 14.8 Å². The van der Waals surface area contributed by atoms with E-state index in [-0.39, 0.29) is 12.1 Å². The lowest BCUT2D eigenvalue weighted by molar-refractivity contribution is 0.245. The fourth-order valence-electron chi connectivity index (χ4n) is 4.00. The second-order valence-electron chi connectivity index (χ2n) is 6.58. The fourth-order valence-corrected chi connectivity index (χ4v) is 4.39. The molecule has 1 saturated heterocycles. The Bertz CT molecular complexity index is 690. The third-order valence-corrected chi connectivity index (χ3v) is 5.38. The molecule has 1 aliphatic carbocycles. The van der Waals surface area contributed by atoms with E-state index in [0.29, 0.717) is 6.04 Å². The van der Waals surface area contributed by atoms with Crippen molar-refractivity contribution in [2.75, 3.05) is 0 Å². The molecule has 1 aliphatic heterocycles.